The molecule has 0 unspecified atom stereocenters. The van der Waals surface area contributed by atoms with Crippen LogP contribution in [-0.4, -0.2) is 34.5 Å². The summed E-state index contributed by atoms with van der Waals surface area (Å²) in [5, 5.41) is 8.26. The number of hydrogen-bond donors (Lipinski definition) is 1. The Morgan fingerprint density at radius 2 is 1.95 bits per heavy atom. The summed E-state index contributed by atoms with van der Waals surface area (Å²) in [7, 11) is 0. The first-order valence-corrected chi connectivity index (χ1v) is 5.73. The van der Waals surface area contributed by atoms with Crippen LogP contribution in [-0.2, 0) is 0 Å². The Balaban J connectivity index is 2.06. The van der Waals surface area contributed by atoms with Crippen molar-refractivity contribution in [3.05, 3.63) is 43.0 Å². The monoisotopic (exact) mass is 256 g/mol. The van der Waals surface area contributed by atoms with E-state index in [1.807, 2.05) is 13.0 Å². The van der Waals surface area contributed by atoms with Gasteiger partial charge in [-0.25, -0.2) is 19.6 Å². The maximum atomic E-state index is 5.84. The Bertz CT molecular complexity index is 670. The van der Waals surface area contributed by atoms with Crippen LogP contribution < -0.4 is 5.73 Å². The second-order valence-electron chi connectivity index (χ2n) is 4.00. The summed E-state index contributed by atoms with van der Waals surface area (Å²) in [5.41, 5.74) is 5.84. The maximum Gasteiger partial charge on any atom is 0.161 e. The predicted molar refractivity (Wildman–Crippen MR) is 66.7 cm³/mol. The highest BCUT2D eigenvalue weighted by Gasteiger charge is 2.12. The molecule has 19 heavy (non-hydrogen) atoms. The van der Waals surface area contributed by atoms with Gasteiger partial charge in [-0.05, 0) is 13.0 Å². The first-order chi connectivity index (χ1) is 9.25. The van der Waals surface area contributed by atoms with E-state index < -0.39 is 0 Å². The van der Waals surface area contributed by atoms with E-state index in [4.69, 9.17) is 5.73 Å². The van der Waals surface area contributed by atoms with Crippen molar-refractivity contribution in [2.24, 2.45) is 5.73 Å². The smallest absolute Gasteiger partial charge is 0.161 e. The van der Waals surface area contributed by atoms with Crippen molar-refractivity contribution in [1.82, 2.24) is 34.5 Å². The molecule has 1 atom stereocenters. The van der Waals surface area contributed by atoms with Gasteiger partial charge in [-0.1, -0.05) is 0 Å². The average Bonchev–Trinajstić information content (AvgIpc) is 3.10. The highest BCUT2D eigenvalue weighted by Crippen LogP contribution is 2.12. The van der Waals surface area contributed by atoms with E-state index in [1.165, 1.54) is 12.7 Å². The van der Waals surface area contributed by atoms with Crippen molar-refractivity contribution in [3.8, 4) is 11.6 Å². The van der Waals surface area contributed by atoms with E-state index in [2.05, 4.69) is 25.1 Å². The van der Waals surface area contributed by atoms with Gasteiger partial charge in [0.1, 0.15) is 12.7 Å². The molecule has 0 radical (unpaired) electrons. The Hall–Kier alpha value is -2.61. The fourth-order valence-corrected chi connectivity index (χ4v) is 1.72. The van der Waals surface area contributed by atoms with Crippen LogP contribution in [0, 0.1) is 0 Å². The topological polar surface area (TPSA) is 100 Å². The van der Waals surface area contributed by atoms with Crippen LogP contribution in [0.1, 0.15) is 18.8 Å². The maximum absolute atomic E-state index is 5.84. The van der Waals surface area contributed by atoms with E-state index >= 15 is 0 Å². The lowest BCUT2D eigenvalue weighted by Crippen LogP contribution is -2.14. The van der Waals surface area contributed by atoms with Gasteiger partial charge in [0, 0.05) is 18.5 Å². The first kappa shape index (κ1) is 11.5. The van der Waals surface area contributed by atoms with Crippen molar-refractivity contribution in [2.75, 3.05) is 0 Å². The van der Waals surface area contributed by atoms with E-state index in [0.29, 0.717) is 17.5 Å². The summed E-state index contributed by atoms with van der Waals surface area (Å²) < 4.78 is 3.24. The molecule has 0 aliphatic heterocycles. The zero-order valence-corrected chi connectivity index (χ0v) is 10.2. The highest BCUT2D eigenvalue weighted by atomic mass is 15.4. The fraction of sp³-hybridized carbons (Fsp3) is 0.182. The highest BCUT2D eigenvalue weighted by molar-refractivity contribution is 5.31. The van der Waals surface area contributed by atoms with Gasteiger partial charge < -0.3 is 5.73 Å². The van der Waals surface area contributed by atoms with E-state index in [9.17, 15) is 0 Å². The predicted octanol–water partition coefficient (Wildman–Crippen LogP) is 0.263. The zero-order chi connectivity index (χ0) is 13.2. The lowest BCUT2D eigenvalue weighted by molar-refractivity contribution is 0.677. The van der Waals surface area contributed by atoms with Crippen LogP contribution in [0.5, 0.6) is 0 Å². The molecule has 96 valence electrons. The Morgan fingerprint density at radius 1 is 1.11 bits per heavy atom. The van der Waals surface area contributed by atoms with Crippen molar-refractivity contribution in [1.29, 1.82) is 0 Å². The molecule has 3 heterocycles. The van der Waals surface area contributed by atoms with Gasteiger partial charge in [0.15, 0.2) is 17.5 Å². The molecule has 0 fully saturated rings. The summed E-state index contributed by atoms with van der Waals surface area (Å²) >= 11 is 0. The van der Waals surface area contributed by atoms with Crippen molar-refractivity contribution in [3.63, 3.8) is 0 Å². The van der Waals surface area contributed by atoms with Crippen LogP contribution in [0.15, 0.2) is 37.2 Å². The normalized spacial score (nSPS) is 12.5. The Kier molecular flexibility index (Phi) is 2.76. The summed E-state index contributed by atoms with van der Waals surface area (Å²) in [6, 6.07) is 3.36. The molecule has 8 heteroatoms. The zero-order valence-electron chi connectivity index (χ0n) is 10.2. The molecule has 0 saturated carbocycles. The fourth-order valence-electron chi connectivity index (χ4n) is 1.72. The second-order valence-corrected chi connectivity index (χ2v) is 4.00. The third-order valence-electron chi connectivity index (χ3n) is 2.58. The molecule has 0 aromatic carbocycles. The number of nitrogens with two attached hydrogens (primary N) is 1. The number of nitrogens with zero attached hydrogens (tertiary/aromatic N) is 7. The van der Waals surface area contributed by atoms with Gasteiger partial charge in [0.05, 0.1) is 6.04 Å². The standard InChI is InChI=1S/C11H12N8/c1-8(12)11-15-7-17-19(11)10-5-9(13-6-14-10)18-4-2-3-16-18/h2-8H,12H2,1H3/t8-/m0/s1. The summed E-state index contributed by atoms with van der Waals surface area (Å²) in [6.45, 7) is 1.84. The third kappa shape index (κ3) is 2.08. The molecule has 0 amide bonds. The quantitative estimate of drug-likeness (QED) is 0.721. The SMILES string of the molecule is C[C@H](N)c1ncnn1-c1cc(-n2cccn2)ncn1. The molecule has 0 bridgehead atoms. The minimum Gasteiger partial charge on any atom is -0.322 e. The van der Waals surface area contributed by atoms with Gasteiger partial charge in [-0.2, -0.15) is 14.9 Å². The van der Waals surface area contributed by atoms with Crippen LogP contribution in [0.3, 0.4) is 0 Å². The summed E-state index contributed by atoms with van der Waals surface area (Å²) in [6.07, 6.45) is 6.40. The van der Waals surface area contributed by atoms with Crippen LogP contribution in [0.2, 0.25) is 0 Å². The van der Waals surface area contributed by atoms with E-state index in [-0.39, 0.29) is 6.04 Å². The minimum atomic E-state index is -0.231. The third-order valence-corrected chi connectivity index (χ3v) is 2.58. The lowest BCUT2D eigenvalue weighted by Gasteiger charge is -2.08. The van der Waals surface area contributed by atoms with Gasteiger partial charge in [-0.15, -0.1) is 0 Å². The molecule has 0 aliphatic carbocycles. The van der Waals surface area contributed by atoms with Gasteiger partial charge in [-0.3, -0.25) is 0 Å². The Labute approximate surface area is 108 Å². The molecule has 3 aromatic rings. The molecule has 3 aromatic heterocycles. The summed E-state index contributed by atoms with van der Waals surface area (Å²) in [5.74, 6) is 1.90. The lowest BCUT2D eigenvalue weighted by atomic mass is 10.3. The van der Waals surface area contributed by atoms with Gasteiger partial charge in [0.25, 0.3) is 0 Å². The molecule has 0 spiro atoms. The molecular formula is C11H12N8. The van der Waals surface area contributed by atoms with Crippen molar-refractivity contribution in [2.45, 2.75) is 13.0 Å². The van der Waals surface area contributed by atoms with Crippen LogP contribution in [0.25, 0.3) is 11.6 Å². The molecule has 0 saturated heterocycles. The van der Waals surface area contributed by atoms with E-state index in [0.717, 1.165) is 0 Å². The molecule has 8 nitrogen and oxygen atoms in total. The first-order valence-electron chi connectivity index (χ1n) is 5.73. The second kappa shape index (κ2) is 4.58. The minimum absolute atomic E-state index is 0.231. The number of hydrogen-bond acceptors (Lipinski definition) is 6. The average molecular weight is 256 g/mol. The van der Waals surface area contributed by atoms with Gasteiger partial charge in [0.2, 0.25) is 0 Å². The molecule has 2 N–H and O–H groups in total. The Morgan fingerprint density at radius 3 is 2.68 bits per heavy atom. The summed E-state index contributed by atoms with van der Waals surface area (Å²) in [4.78, 5) is 12.5. The number of rotatable bonds is 3. The van der Waals surface area contributed by atoms with Gasteiger partial charge >= 0.3 is 0 Å². The van der Waals surface area contributed by atoms with Crippen LogP contribution in [0.4, 0.5) is 0 Å². The molecular weight excluding hydrogens is 244 g/mol. The van der Waals surface area contributed by atoms with Crippen LogP contribution >= 0.6 is 0 Å². The molecule has 3 rings (SSSR count). The van der Waals surface area contributed by atoms with Crippen molar-refractivity contribution >= 4 is 0 Å². The molecule has 0 aliphatic rings. The van der Waals surface area contributed by atoms with Crippen molar-refractivity contribution < 1.29 is 0 Å². The largest absolute Gasteiger partial charge is 0.322 e. The van der Waals surface area contributed by atoms with E-state index in [1.54, 1.807) is 27.8 Å². The number of aromatic nitrogens is 7.